The van der Waals surface area contributed by atoms with Crippen LogP contribution >= 0.6 is 24.0 Å². The summed E-state index contributed by atoms with van der Waals surface area (Å²) in [6.45, 7) is 13.1. The number of allylic oxidation sites excluding steroid dienone is 1. The Kier molecular flexibility index (Phi) is 17.6. The van der Waals surface area contributed by atoms with E-state index in [1.807, 2.05) is 14.0 Å². The summed E-state index contributed by atoms with van der Waals surface area (Å²) < 4.78 is 0. The average molecular weight is 410 g/mol. The van der Waals surface area contributed by atoms with Crippen LogP contribution in [-0.4, -0.2) is 50.1 Å². The predicted molar refractivity (Wildman–Crippen MR) is 106 cm³/mol. The number of hydrogen-bond donors (Lipinski definition) is 2. The van der Waals surface area contributed by atoms with Gasteiger partial charge in [-0.05, 0) is 52.7 Å². The second-order valence-corrected chi connectivity index (χ2v) is 5.07. The van der Waals surface area contributed by atoms with Gasteiger partial charge >= 0.3 is 0 Å². The van der Waals surface area contributed by atoms with Gasteiger partial charge in [-0.25, -0.2) is 0 Å². The molecule has 0 aromatic heterocycles. The molecule has 0 aliphatic carbocycles. The van der Waals surface area contributed by atoms with Gasteiger partial charge in [-0.1, -0.05) is 26.0 Å². The molecule has 0 fully saturated rings. The second kappa shape index (κ2) is 16.1. The molecule has 0 spiro atoms. The van der Waals surface area contributed by atoms with E-state index in [9.17, 15) is 0 Å². The lowest BCUT2D eigenvalue weighted by atomic mass is 10.2. The molecule has 1 unspecified atom stereocenters. The summed E-state index contributed by atoms with van der Waals surface area (Å²) in [6, 6.07) is 0.457. The Hall–Kier alpha value is -0.300. The third-order valence-electron chi connectivity index (χ3n) is 3.45. The van der Waals surface area contributed by atoms with Crippen LogP contribution in [0.2, 0.25) is 0 Å². The minimum absolute atomic E-state index is 0. The highest BCUT2D eigenvalue weighted by Crippen LogP contribution is 1.99. The Morgan fingerprint density at radius 1 is 1.29 bits per heavy atom. The van der Waals surface area contributed by atoms with E-state index in [2.05, 4.69) is 53.4 Å². The van der Waals surface area contributed by atoms with Gasteiger partial charge in [0, 0.05) is 19.6 Å². The SMILES string of the molecule is CC=CCCNC(=NC)NC(C)CCCN(CC)CC.I. The fraction of sp³-hybridized carbons (Fsp3) is 0.812. The molecule has 0 rings (SSSR count). The standard InChI is InChI=1S/C16H34N4.HI/c1-6-9-10-13-18-16(17-5)19-15(4)12-11-14-20(7-2)8-3;/h6,9,15H,7-8,10-14H2,1-5H3,(H2,17,18,19);1H. The predicted octanol–water partition coefficient (Wildman–Crippen LogP) is 3.25. The monoisotopic (exact) mass is 410 g/mol. The number of hydrogen-bond acceptors (Lipinski definition) is 2. The highest BCUT2D eigenvalue weighted by molar-refractivity contribution is 14.0. The van der Waals surface area contributed by atoms with Crippen LogP contribution in [0.3, 0.4) is 0 Å². The van der Waals surface area contributed by atoms with Crippen molar-refractivity contribution in [1.82, 2.24) is 15.5 Å². The molecule has 0 amide bonds. The first-order valence-corrected chi connectivity index (χ1v) is 7.98. The molecule has 0 aliphatic heterocycles. The molecule has 0 aliphatic rings. The molecule has 0 radical (unpaired) electrons. The topological polar surface area (TPSA) is 39.7 Å². The van der Waals surface area contributed by atoms with Crippen molar-refractivity contribution in [3.05, 3.63) is 12.2 Å². The van der Waals surface area contributed by atoms with Crippen molar-refractivity contribution in [2.24, 2.45) is 4.99 Å². The minimum atomic E-state index is 0. The summed E-state index contributed by atoms with van der Waals surface area (Å²) in [5.74, 6) is 0.907. The van der Waals surface area contributed by atoms with Crippen LogP contribution in [0.5, 0.6) is 0 Å². The van der Waals surface area contributed by atoms with Crippen LogP contribution in [0.15, 0.2) is 17.1 Å². The van der Waals surface area contributed by atoms with Gasteiger partial charge in [-0.15, -0.1) is 24.0 Å². The maximum atomic E-state index is 4.26. The number of rotatable bonds is 10. The van der Waals surface area contributed by atoms with Crippen LogP contribution in [0.1, 0.15) is 47.0 Å². The second-order valence-electron chi connectivity index (χ2n) is 5.07. The molecule has 5 heteroatoms. The van der Waals surface area contributed by atoms with Gasteiger partial charge in [0.05, 0.1) is 0 Å². The van der Waals surface area contributed by atoms with E-state index < -0.39 is 0 Å². The lowest BCUT2D eigenvalue weighted by Crippen LogP contribution is -2.42. The zero-order valence-electron chi connectivity index (χ0n) is 14.5. The van der Waals surface area contributed by atoms with Crippen LogP contribution in [-0.2, 0) is 0 Å². The first-order valence-electron chi connectivity index (χ1n) is 7.98. The summed E-state index contributed by atoms with van der Waals surface area (Å²) in [4.78, 5) is 6.73. The maximum Gasteiger partial charge on any atom is 0.191 e. The molecule has 21 heavy (non-hydrogen) atoms. The number of guanidine groups is 1. The van der Waals surface area contributed by atoms with Crippen molar-refractivity contribution in [2.45, 2.75) is 53.0 Å². The summed E-state index contributed by atoms with van der Waals surface area (Å²) in [6.07, 6.45) is 7.67. The zero-order chi connectivity index (χ0) is 15.2. The van der Waals surface area contributed by atoms with Crippen molar-refractivity contribution in [2.75, 3.05) is 33.2 Å². The lowest BCUT2D eigenvalue weighted by Gasteiger charge is -2.21. The average Bonchev–Trinajstić information content (AvgIpc) is 2.46. The van der Waals surface area contributed by atoms with Crippen LogP contribution < -0.4 is 10.6 Å². The highest BCUT2D eigenvalue weighted by atomic mass is 127. The third kappa shape index (κ3) is 13.1. The fourth-order valence-corrected chi connectivity index (χ4v) is 2.10. The molecule has 0 aromatic carbocycles. The molecule has 4 nitrogen and oxygen atoms in total. The summed E-state index contributed by atoms with van der Waals surface area (Å²) in [5.41, 5.74) is 0. The Morgan fingerprint density at radius 2 is 1.95 bits per heavy atom. The third-order valence-corrected chi connectivity index (χ3v) is 3.45. The molecule has 0 bridgehead atoms. The number of nitrogens with zero attached hydrogens (tertiary/aromatic N) is 2. The molecule has 0 saturated heterocycles. The number of aliphatic imine (C=N–C) groups is 1. The fourth-order valence-electron chi connectivity index (χ4n) is 2.10. The first-order chi connectivity index (χ1) is 9.67. The smallest absolute Gasteiger partial charge is 0.191 e. The van der Waals surface area contributed by atoms with E-state index in [4.69, 9.17) is 0 Å². The van der Waals surface area contributed by atoms with Gasteiger partial charge in [0.25, 0.3) is 0 Å². The van der Waals surface area contributed by atoms with Gasteiger partial charge in [0.15, 0.2) is 5.96 Å². The minimum Gasteiger partial charge on any atom is -0.356 e. The first kappa shape index (κ1) is 23.0. The molecule has 2 N–H and O–H groups in total. The Bertz CT molecular complexity index is 275. The van der Waals surface area contributed by atoms with Gasteiger partial charge in [-0.2, -0.15) is 0 Å². The van der Waals surface area contributed by atoms with Crippen molar-refractivity contribution in [3.8, 4) is 0 Å². The molecule has 1 atom stereocenters. The quantitative estimate of drug-likeness (QED) is 0.191. The van der Waals surface area contributed by atoms with Gasteiger partial charge < -0.3 is 15.5 Å². The summed E-state index contributed by atoms with van der Waals surface area (Å²) >= 11 is 0. The van der Waals surface area contributed by atoms with E-state index >= 15 is 0 Å². The van der Waals surface area contributed by atoms with Crippen molar-refractivity contribution in [3.63, 3.8) is 0 Å². The molecular formula is C16H35IN4. The van der Waals surface area contributed by atoms with Crippen LogP contribution in [0.4, 0.5) is 0 Å². The van der Waals surface area contributed by atoms with E-state index in [1.54, 1.807) is 0 Å². The Balaban J connectivity index is 0. The van der Waals surface area contributed by atoms with Gasteiger partial charge in [0.1, 0.15) is 0 Å². The lowest BCUT2D eigenvalue weighted by molar-refractivity contribution is 0.292. The van der Waals surface area contributed by atoms with Crippen molar-refractivity contribution < 1.29 is 0 Å². The molecule has 0 heterocycles. The van der Waals surface area contributed by atoms with E-state index in [1.165, 1.54) is 19.4 Å². The molecule has 126 valence electrons. The number of nitrogens with one attached hydrogen (secondary N) is 2. The number of halogens is 1. The zero-order valence-corrected chi connectivity index (χ0v) is 16.8. The van der Waals surface area contributed by atoms with Crippen LogP contribution in [0, 0.1) is 0 Å². The summed E-state index contributed by atoms with van der Waals surface area (Å²) in [5, 5.41) is 6.78. The normalized spacial score (nSPS) is 13.3. The molecule has 0 aromatic rings. The van der Waals surface area contributed by atoms with E-state index in [-0.39, 0.29) is 24.0 Å². The van der Waals surface area contributed by atoms with Crippen molar-refractivity contribution >= 4 is 29.9 Å². The molecule has 0 saturated carbocycles. The van der Waals surface area contributed by atoms with Crippen molar-refractivity contribution in [1.29, 1.82) is 0 Å². The summed E-state index contributed by atoms with van der Waals surface area (Å²) in [7, 11) is 1.83. The maximum absolute atomic E-state index is 4.26. The van der Waals surface area contributed by atoms with E-state index in [0.717, 1.165) is 32.0 Å². The Morgan fingerprint density at radius 3 is 2.48 bits per heavy atom. The van der Waals surface area contributed by atoms with Gasteiger partial charge in [-0.3, -0.25) is 4.99 Å². The molecular weight excluding hydrogens is 375 g/mol. The largest absolute Gasteiger partial charge is 0.356 e. The Labute approximate surface area is 148 Å². The highest BCUT2D eigenvalue weighted by Gasteiger charge is 2.06. The van der Waals surface area contributed by atoms with Crippen LogP contribution in [0.25, 0.3) is 0 Å². The van der Waals surface area contributed by atoms with E-state index in [0.29, 0.717) is 6.04 Å². The van der Waals surface area contributed by atoms with Gasteiger partial charge in [0.2, 0.25) is 0 Å².